The average Bonchev–Trinajstić information content (AvgIpc) is 3.90. The summed E-state index contributed by atoms with van der Waals surface area (Å²) in [4.78, 5) is 53.4. The van der Waals surface area contributed by atoms with Gasteiger partial charge in [-0.25, -0.2) is 28.6 Å². The van der Waals surface area contributed by atoms with Gasteiger partial charge in [-0.1, -0.05) is 12.1 Å². The number of anilines is 3. The van der Waals surface area contributed by atoms with Gasteiger partial charge in [0.15, 0.2) is 0 Å². The van der Waals surface area contributed by atoms with Gasteiger partial charge in [0, 0.05) is 36.7 Å². The number of carbonyl (C=O) groups is 3. The monoisotopic (exact) mass is 744 g/mol. The first-order valence-corrected chi connectivity index (χ1v) is 18.0. The molecule has 0 saturated carbocycles. The molecule has 1 aromatic heterocycles. The number of aromatic nitrogens is 3. The van der Waals surface area contributed by atoms with E-state index in [0.717, 1.165) is 47.1 Å². The van der Waals surface area contributed by atoms with Crippen molar-refractivity contribution in [1.82, 2.24) is 20.1 Å². The predicted octanol–water partition coefficient (Wildman–Crippen LogP) is 4.56. The molecule has 3 aliphatic rings. The van der Waals surface area contributed by atoms with Crippen LogP contribution in [0.3, 0.4) is 0 Å². The normalized spacial score (nSPS) is 18.2. The lowest BCUT2D eigenvalue weighted by atomic mass is 10.0. The first-order valence-electron chi connectivity index (χ1n) is 16.8. The number of aliphatic imine (C=N–C) groups is 2. The predicted molar refractivity (Wildman–Crippen MR) is 203 cm³/mol. The van der Waals surface area contributed by atoms with Crippen LogP contribution in [0.5, 0.6) is 0 Å². The molecule has 3 aromatic carbocycles. The highest BCUT2D eigenvalue weighted by Gasteiger charge is 2.33. The number of hydrogen-bond donors (Lipinski definition) is 2. The number of hydrogen-bond acceptors (Lipinski definition) is 10. The molecule has 53 heavy (non-hydrogen) atoms. The Balaban J connectivity index is 0.000000204. The van der Waals surface area contributed by atoms with E-state index in [9.17, 15) is 18.8 Å². The molecule has 4 heterocycles. The van der Waals surface area contributed by atoms with Gasteiger partial charge in [0.25, 0.3) is 0 Å². The van der Waals surface area contributed by atoms with E-state index in [1.165, 1.54) is 24.2 Å². The van der Waals surface area contributed by atoms with E-state index in [1.807, 2.05) is 59.5 Å². The van der Waals surface area contributed by atoms with Crippen molar-refractivity contribution >= 4 is 59.6 Å². The molecule has 0 unspecified atom stereocenters. The number of cyclic esters (lactones) is 2. The van der Waals surface area contributed by atoms with E-state index in [2.05, 4.69) is 30.3 Å². The van der Waals surface area contributed by atoms with Gasteiger partial charge >= 0.3 is 12.2 Å². The van der Waals surface area contributed by atoms with Crippen LogP contribution < -0.4 is 25.8 Å². The Bertz CT molecular complexity index is 1980. The third-order valence-corrected chi connectivity index (χ3v) is 9.42. The fourth-order valence-electron chi connectivity index (χ4n) is 5.98. The highest BCUT2D eigenvalue weighted by Crippen LogP contribution is 2.31. The highest BCUT2D eigenvalue weighted by molar-refractivity contribution is 7.98. The van der Waals surface area contributed by atoms with Crippen LogP contribution >= 0.6 is 11.8 Å². The van der Waals surface area contributed by atoms with Crippen molar-refractivity contribution in [3.05, 3.63) is 84.7 Å². The number of carbonyl (C=O) groups excluding carboxylic acids is 3. The van der Waals surface area contributed by atoms with Crippen LogP contribution in [0.4, 0.5) is 31.0 Å². The molecule has 0 aliphatic carbocycles. The SMILES string of the molecule is CC(=O)NC[C@H]1CN(c2ccc(N3CCn4ncnc4C3)cc2)C(=O)O1.CSc1ccc(-c2ccc(N3C[C@H](CN=CN=CN)OC3=O)cc2F)cc1.[HH]. The van der Waals surface area contributed by atoms with Gasteiger partial charge in [0.1, 0.15) is 36.5 Å². The summed E-state index contributed by atoms with van der Waals surface area (Å²) in [6, 6.07) is 20.2. The summed E-state index contributed by atoms with van der Waals surface area (Å²) in [6.07, 6.45) is 4.33. The third-order valence-electron chi connectivity index (χ3n) is 8.67. The molecule has 3 N–H and O–H groups in total. The minimum Gasteiger partial charge on any atom is -0.442 e. The summed E-state index contributed by atoms with van der Waals surface area (Å²) < 4.78 is 27.1. The Labute approximate surface area is 311 Å². The van der Waals surface area contributed by atoms with E-state index in [0.29, 0.717) is 37.4 Å². The quantitative estimate of drug-likeness (QED) is 0.133. The Morgan fingerprint density at radius 2 is 1.68 bits per heavy atom. The largest absolute Gasteiger partial charge is 0.442 e. The van der Waals surface area contributed by atoms with Gasteiger partial charge < -0.3 is 25.4 Å². The van der Waals surface area contributed by atoms with Crippen LogP contribution in [0, 0.1) is 5.82 Å². The molecular weight excluding hydrogens is 704 g/mol. The molecule has 0 spiro atoms. The number of ether oxygens (including phenoxy) is 2. The number of thioether (sulfide) groups is 1. The number of amides is 3. The van der Waals surface area contributed by atoms with Gasteiger partial charge in [-0.05, 0) is 66.4 Å². The number of nitrogens with two attached hydrogens (primary N) is 1. The number of benzene rings is 3. The molecule has 17 heteroatoms. The topological polar surface area (TPSA) is 173 Å². The van der Waals surface area contributed by atoms with Gasteiger partial charge in [-0.15, -0.1) is 11.8 Å². The average molecular weight is 745 g/mol. The number of fused-ring (bicyclic) bond motifs is 1. The van der Waals surface area contributed by atoms with Crippen molar-refractivity contribution in [2.45, 2.75) is 37.1 Å². The smallest absolute Gasteiger partial charge is 0.414 e. The maximum atomic E-state index is 14.6. The van der Waals surface area contributed by atoms with Crippen molar-refractivity contribution in [2.75, 3.05) is 53.7 Å². The molecule has 0 radical (unpaired) electrons. The first kappa shape index (κ1) is 36.8. The van der Waals surface area contributed by atoms with Crippen molar-refractivity contribution < 1.29 is 29.7 Å². The summed E-state index contributed by atoms with van der Waals surface area (Å²) in [5.74, 6) is 0.418. The van der Waals surface area contributed by atoms with Crippen molar-refractivity contribution in [1.29, 1.82) is 0 Å². The lowest BCUT2D eigenvalue weighted by Gasteiger charge is -2.29. The Morgan fingerprint density at radius 1 is 1.00 bits per heavy atom. The lowest BCUT2D eigenvalue weighted by molar-refractivity contribution is -0.119. The fourth-order valence-corrected chi connectivity index (χ4v) is 6.39. The fraction of sp³-hybridized carbons (Fsp3) is 0.306. The first-order chi connectivity index (χ1) is 25.7. The van der Waals surface area contributed by atoms with E-state index in [-0.39, 0.29) is 26.1 Å². The van der Waals surface area contributed by atoms with Gasteiger partial charge in [0.2, 0.25) is 5.91 Å². The Hall–Kier alpha value is -5.97. The summed E-state index contributed by atoms with van der Waals surface area (Å²) in [7, 11) is 0. The van der Waals surface area contributed by atoms with E-state index >= 15 is 0 Å². The van der Waals surface area contributed by atoms with E-state index < -0.39 is 18.0 Å². The molecule has 4 aromatic rings. The molecule has 3 amide bonds. The van der Waals surface area contributed by atoms with E-state index in [1.54, 1.807) is 35.1 Å². The zero-order valence-corrected chi connectivity index (χ0v) is 30.0. The maximum Gasteiger partial charge on any atom is 0.414 e. The second-order valence-corrected chi connectivity index (χ2v) is 13.1. The molecule has 0 bridgehead atoms. The maximum absolute atomic E-state index is 14.6. The Morgan fingerprint density at radius 3 is 2.38 bits per heavy atom. The second kappa shape index (κ2) is 17.0. The van der Waals surface area contributed by atoms with Gasteiger partial charge in [-0.2, -0.15) is 5.10 Å². The number of nitrogens with one attached hydrogen (secondary N) is 1. The molecule has 2 saturated heterocycles. The lowest BCUT2D eigenvalue weighted by Crippen LogP contribution is -2.34. The minimum absolute atomic E-state index is 0. The number of nitrogens with zero attached hydrogens (tertiary/aromatic N) is 8. The van der Waals surface area contributed by atoms with Crippen molar-refractivity contribution in [3.8, 4) is 11.1 Å². The summed E-state index contributed by atoms with van der Waals surface area (Å²) in [6.45, 7) is 5.13. The summed E-state index contributed by atoms with van der Waals surface area (Å²) >= 11 is 1.63. The third kappa shape index (κ3) is 9.10. The highest BCUT2D eigenvalue weighted by atomic mass is 32.2. The number of rotatable bonds is 10. The molecular formula is C36H41FN10O5S. The van der Waals surface area contributed by atoms with Crippen LogP contribution in [-0.4, -0.2) is 96.7 Å². The standard InChI is InChI=1S/C19H19FN4O2S.C17H20N6O3.H2/c1-27-16-5-2-13(3-6-16)17-7-4-14(8-18(17)20)24-10-15(26-19(24)25)9-22-12-23-11-21;1-12(24)18-8-15-9-22(17(25)26-15)14-4-2-13(3-5-14)21-6-7-23-16(10-21)19-11-20-23;/h2-8,11-12,15H,9-10H2,1H3,(H2,21,22,23);2-5,11,15H,6-10H2,1H3,(H,18,24);1H/t2*15-;/m00./s1. The van der Waals surface area contributed by atoms with Crippen LogP contribution in [0.15, 0.2) is 87.9 Å². The molecule has 2 fully saturated rings. The molecule has 3 aliphatic heterocycles. The van der Waals surface area contributed by atoms with Crippen LogP contribution in [-0.2, 0) is 27.4 Å². The summed E-state index contributed by atoms with van der Waals surface area (Å²) in [5, 5.41) is 6.86. The Kier molecular flexibility index (Phi) is 11.8. The van der Waals surface area contributed by atoms with Gasteiger partial charge in [-0.3, -0.25) is 19.6 Å². The van der Waals surface area contributed by atoms with Crippen LogP contribution in [0.25, 0.3) is 11.1 Å². The zero-order valence-electron chi connectivity index (χ0n) is 29.2. The zero-order chi connectivity index (χ0) is 37.3. The van der Waals surface area contributed by atoms with Crippen LogP contribution in [0.1, 0.15) is 14.2 Å². The number of halogens is 1. The molecule has 2 atom stereocenters. The molecule has 7 rings (SSSR count). The molecule has 15 nitrogen and oxygen atoms in total. The van der Waals surface area contributed by atoms with Crippen molar-refractivity contribution in [3.63, 3.8) is 0 Å². The second-order valence-electron chi connectivity index (χ2n) is 12.2. The van der Waals surface area contributed by atoms with Crippen molar-refractivity contribution in [2.24, 2.45) is 15.7 Å². The van der Waals surface area contributed by atoms with E-state index in [4.69, 9.17) is 15.2 Å². The molecule has 278 valence electrons. The minimum atomic E-state index is -0.519. The summed E-state index contributed by atoms with van der Waals surface area (Å²) in [5.41, 5.74) is 8.69. The van der Waals surface area contributed by atoms with Crippen LogP contribution in [0.2, 0.25) is 0 Å². The van der Waals surface area contributed by atoms with Gasteiger partial charge in [0.05, 0.1) is 51.3 Å².